The van der Waals surface area contributed by atoms with E-state index in [-0.39, 0.29) is 5.41 Å². The lowest BCUT2D eigenvalue weighted by molar-refractivity contribution is 0.568. The van der Waals surface area contributed by atoms with Gasteiger partial charge in [0.15, 0.2) is 0 Å². The number of thiophene rings is 1. The van der Waals surface area contributed by atoms with Crippen molar-refractivity contribution < 1.29 is 0 Å². The molecule has 0 amide bonds. The monoisotopic (exact) mass is 304 g/mol. The van der Waals surface area contributed by atoms with Gasteiger partial charge in [0, 0.05) is 35.9 Å². The number of rotatable bonds is 6. The van der Waals surface area contributed by atoms with Crippen LogP contribution in [0.4, 0.5) is 11.6 Å². The van der Waals surface area contributed by atoms with Crippen LogP contribution in [0.5, 0.6) is 0 Å². The lowest BCUT2D eigenvalue weighted by atomic mass is 9.91. The molecular weight excluding hydrogens is 280 g/mol. The molecule has 114 valence electrons. The molecular formula is C16H24N4S. The second-order valence-corrected chi connectivity index (χ2v) is 7.06. The fourth-order valence-electron chi connectivity index (χ4n) is 2.01. The highest BCUT2D eigenvalue weighted by Gasteiger charge is 2.21. The second kappa shape index (κ2) is 6.43. The first kappa shape index (κ1) is 15.8. The normalized spacial score (nSPS) is 11.7. The molecule has 0 unspecified atom stereocenters. The zero-order chi connectivity index (χ0) is 15.5. The Morgan fingerprint density at radius 2 is 1.95 bits per heavy atom. The van der Waals surface area contributed by atoms with Gasteiger partial charge in [0.2, 0.25) is 0 Å². The van der Waals surface area contributed by atoms with E-state index in [0.29, 0.717) is 5.92 Å². The highest BCUT2D eigenvalue weighted by atomic mass is 32.1. The predicted molar refractivity (Wildman–Crippen MR) is 91.5 cm³/mol. The molecule has 0 atom stereocenters. The van der Waals surface area contributed by atoms with Crippen LogP contribution in [0.2, 0.25) is 0 Å². The summed E-state index contributed by atoms with van der Waals surface area (Å²) in [6, 6.07) is 6.24. The second-order valence-electron chi connectivity index (χ2n) is 6.12. The molecule has 21 heavy (non-hydrogen) atoms. The fraction of sp³-hybridized carbons (Fsp3) is 0.500. The number of anilines is 2. The van der Waals surface area contributed by atoms with Gasteiger partial charge in [-0.2, -0.15) is 0 Å². The van der Waals surface area contributed by atoms with Gasteiger partial charge in [-0.3, -0.25) is 0 Å². The van der Waals surface area contributed by atoms with Gasteiger partial charge < -0.3 is 10.6 Å². The quantitative estimate of drug-likeness (QED) is 0.844. The van der Waals surface area contributed by atoms with Crippen LogP contribution >= 0.6 is 11.3 Å². The minimum atomic E-state index is 0.0803. The Balaban J connectivity index is 2.14. The summed E-state index contributed by atoms with van der Waals surface area (Å²) in [5, 5.41) is 8.68. The Labute approximate surface area is 131 Å². The SMILES string of the molecule is CNc1cc(NCC(C)(C)c2cccs2)nc(C(C)C)n1. The summed E-state index contributed by atoms with van der Waals surface area (Å²) in [7, 11) is 1.88. The van der Waals surface area contributed by atoms with Crippen LogP contribution in [0.15, 0.2) is 23.6 Å². The van der Waals surface area contributed by atoms with Crippen LogP contribution in [0.3, 0.4) is 0 Å². The molecule has 0 aromatic carbocycles. The summed E-state index contributed by atoms with van der Waals surface area (Å²) < 4.78 is 0. The van der Waals surface area contributed by atoms with Gasteiger partial charge in [-0.25, -0.2) is 9.97 Å². The zero-order valence-electron chi connectivity index (χ0n) is 13.4. The first-order valence-electron chi connectivity index (χ1n) is 7.27. The number of aromatic nitrogens is 2. The van der Waals surface area contributed by atoms with Crippen LogP contribution in [-0.4, -0.2) is 23.6 Å². The predicted octanol–water partition coefficient (Wildman–Crippen LogP) is 4.09. The molecule has 0 bridgehead atoms. The van der Waals surface area contributed by atoms with Gasteiger partial charge in [-0.05, 0) is 11.4 Å². The average molecular weight is 304 g/mol. The molecule has 0 spiro atoms. The third kappa shape index (κ3) is 3.94. The Hall–Kier alpha value is -1.62. The first-order valence-corrected chi connectivity index (χ1v) is 8.15. The van der Waals surface area contributed by atoms with Gasteiger partial charge in [0.1, 0.15) is 17.5 Å². The summed E-state index contributed by atoms with van der Waals surface area (Å²) in [6.07, 6.45) is 0. The number of hydrogen-bond acceptors (Lipinski definition) is 5. The van der Waals surface area contributed by atoms with E-state index in [1.54, 1.807) is 11.3 Å². The summed E-state index contributed by atoms with van der Waals surface area (Å²) in [4.78, 5) is 10.5. The molecule has 0 aliphatic carbocycles. The molecule has 2 heterocycles. The number of nitrogens with one attached hydrogen (secondary N) is 2. The van der Waals surface area contributed by atoms with Crippen molar-refractivity contribution in [1.29, 1.82) is 0 Å². The maximum absolute atomic E-state index is 4.61. The van der Waals surface area contributed by atoms with E-state index >= 15 is 0 Å². The lowest BCUT2D eigenvalue weighted by Crippen LogP contribution is -2.27. The van der Waals surface area contributed by atoms with E-state index in [4.69, 9.17) is 0 Å². The summed E-state index contributed by atoms with van der Waals surface area (Å²) in [5.74, 6) is 2.90. The molecule has 5 heteroatoms. The molecule has 2 rings (SSSR count). The Morgan fingerprint density at radius 1 is 1.24 bits per heavy atom. The Bertz CT molecular complexity index is 576. The molecule has 0 aliphatic heterocycles. The lowest BCUT2D eigenvalue weighted by Gasteiger charge is -2.24. The van der Waals surface area contributed by atoms with Crippen LogP contribution in [-0.2, 0) is 5.41 Å². The molecule has 0 aliphatic rings. The van der Waals surface area contributed by atoms with Gasteiger partial charge in [-0.1, -0.05) is 33.8 Å². The van der Waals surface area contributed by atoms with Crippen molar-refractivity contribution >= 4 is 23.0 Å². The zero-order valence-corrected chi connectivity index (χ0v) is 14.2. The van der Waals surface area contributed by atoms with Crippen molar-refractivity contribution in [3.63, 3.8) is 0 Å². The first-order chi connectivity index (χ1) is 9.92. The van der Waals surface area contributed by atoms with E-state index in [9.17, 15) is 0 Å². The van der Waals surface area contributed by atoms with Crippen LogP contribution < -0.4 is 10.6 Å². The standard InChI is InChI=1S/C16H24N4S/c1-11(2)15-19-13(17-5)9-14(20-15)18-10-16(3,4)12-7-6-8-21-12/h6-9,11H,10H2,1-5H3,(H2,17,18,19,20). The molecule has 0 fully saturated rings. The topological polar surface area (TPSA) is 49.8 Å². The molecule has 2 aromatic heterocycles. The van der Waals surface area contributed by atoms with Gasteiger partial charge in [0.05, 0.1) is 0 Å². The third-order valence-corrected chi connectivity index (χ3v) is 4.65. The maximum Gasteiger partial charge on any atom is 0.135 e. The maximum atomic E-state index is 4.61. The third-order valence-electron chi connectivity index (χ3n) is 3.42. The molecule has 0 saturated carbocycles. The van der Waals surface area contributed by atoms with Gasteiger partial charge >= 0.3 is 0 Å². The molecule has 4 nitrogen and oxygen atoms in total. The summed E-state index contributed by atoms with van der Waals surface area (Å²) in [6.45, 7) is 9.54. The van der Waals surface area contributed by atoms with Crippen molar-refractivity contribution in [3.8, 4) is 0 Å². The van der Waals surface area contributed by atoms with E-state index in [1.807, 2.05) is 13.1 Å². The Morgan fingerprint density at radius 3 is 2.52 bits per heavy atom. The van der Waals surface area contributed by atoms with Crippen molar-refractivity contribution in [2.45, 2.75) is 39.0 Å². The van der Waals surface area contributed by atoms with Crippen molar-refractivity contribution in [3.05, 3.63) is 34.3 Å². The van der Waals surface area contributed by atoms with Crippen molar-refractivity contribution in [2.24, 2.45) is 0 Å². The van der Waals surface area contributed by atoms with Gasteiger partial charge in [0.25, 0.3) is 0 Å². The Kier molecular flexibility index (Phi) is 4.83. The van der Waals surface area contributed by atoms with Crippen LogP contribution in [0, 0.1) is 0 Å². The van der Waals surface area contributed by atoms with Crippen molar-refractivity contribution in [2.75, 3.05) is 24.2 Å². The molecule has 2 N–H and O–H groups in total. The molecule has 0 saturated heterocycles. The van der Waals surface area contributed by atoms with E-state index in [0.717, 1.165) is 24.0 Å². The summed E-state index contributed by atoms with van der Waals surface area (Å²) in [5.41, 5.74) is 0.0803. The molecule has 2 aromatic rings. The van der Waals surface area contributed by atoms with Gasteiger partial charge in [-0.15, -0.1) is 11.3 Å². The number of nitrogens with zero attached hydrogens (tertiary/aromatic N) is 2. The van der Waals surface area contributed by atoms with E-state index < -0.39 is 0 Å². The van der Waals surface area contributed by atoms with E-state index in [1.165, 1.54) is 4.88 Å². The highest BCUT2D eigenvalue weighted by Crippen LogP contribution is 2.28. The minimum absolute atomic E-state index is 0.0803. The summed E-state index contributed by atoms with van der Waals surface area (Å²) >= 11 is 1.80. The smallest absolute Gasteiger partial charge is 0.135 e. The fourth-order valence-corrected chi connectivity index (χ4v) is 2.86. The average Bonchev–Trinajstić information content (AvgIpc) is 3.00. The van der Waals surface area contributed by atoms with Crippen LogP contribution in [0.1, 0.15) is 44.3 Å². The van der Waals surface area contributed by atoms with E-state index in [2.05, 4.69) is 65.8 Å². The number of hydrogen-bond donors (Lipinski definition) is 2. The van der Waals surface area contributed by atoms with Crippen LogP contribution in [0.25, 0.3) is 0 Å². The van der Waals surface area contributed by atoms with Crippen molar-refractivity contribution in [1.82, 2.24) is 9.97 Å². The highest BCUT2D eigenvalue weighted by molar-refractivity contribution is 7.10. The minimum Gasteiger partial charge on any atom is -0.373 e. The largest absolute Gasteiger partial charge is 0.373 e. The molecule has 0 radical (unpaired) electrons.